The van der Waals surface area contributed by atoms with Crippen molar-refractivity contribution in [3.8, 4) is 5.75 Å². The molecule has 0 aliphatic rings. The minimum Gasteiger partial charge on any atom is -0.490 e. The topological polar surface area (TPSA) is 59.1 Å². The first-order chi connectivity index (χ1) is 9.15. The summed E-state index contributed by atoms with van der Waals surface area (Å²) in [7, 11) is 3.24. The molecule has 2 N–H and O–H groups in total. The van der Waals surface area contributed by atoms with E-state index >= 15 is 0 Å². The van der Waals surface area contributed by atoms with Crippen molar-refractivity contribution in [3.05, 3.63) is 35.4 Å². The van der Waals surface area contributed by atoms with Gasteiger partial charge in [-0.25, -0.2) is 14.4 Å². The van der Waals surface area contributed by atoms with Gasteiger partial charge in [0.15, 0.2) is 11.6 Å². The van der Waals surface area contributed by atoms with E-state index in [1.807, 2.05) is 0 Å². The van der Waals surface area contributed by atoms with E-state index in [2.05, 4.69) is 20.6 Å². The van der Waals surface area contributed by atoms with E-state index in [9.17, 15) is 4.39 Å². The maximum absolute atomic E-state index is 13.1. The second kappa shape index (κ2) is 5.71. The molecule has 0 unspecified atom stereocenters. The molecular formula is C12H12ClFN4O. The number of rotatable bonds is 4. The van der Waals surface area contributed by atoms with Crippen LogP contribution in [-0.4, -0.2) is 24.1 Å². The van der Waals surface area contributed by atoms with Gasteiger partial charge >= 0.3 is 0 Å². The van der Waals surface area contributed by atoms with Crippen molar-refractivity contribution in [1.29, 1.82) is 0 Å². The Morgan fingerprint density at radius 3 is 2.63 bits per heavy atom. The molecule has 7 heteroatoms. The lowest BCUT2D eigenvalue weighted by Gasteiger charge is -2.12. The minimum absolute atomic E-state index is 0.0341. The standard InChI is InChI=1S/C12H12ClFN4O/c1-15-11-10(19-2)12(17-6-16-11)18-7-3-4-9(14)8(13)5-7/h3-6H,1-2H3,(H2,15,16,17,18). The molecule has 0 atom stereocenters. The second-order valence-electron chi connectivity index (χ2n) is 3.61. The van der Waals surface area contributed by atoms with E-state index in [0.717, 1.165) is 0 Å². The third-order valence-electron chi connectivity index (χ3n) is 2.43. The van der Waals surface area contributed by atoms with Crippen molar-refractivity contribution in [1.82, 2.24) is 9.97 Å². The molecule has 0 fully saturated rings. The van der Waals surface area contributed by atoms with Crippen LogP contribution in [0.1, 0.15) is 0 Å². The summed E-state index contributed by atoms with van der Waals surface area (Å²) in [6, 6.07) is 4.30. The molecule has 19 heavy (non-hydrogen) atoms. The Labute approximate surface area is 114 Å². The molecule has 1 aromatic carbocycles. The predicted molar refractivity (Wildman–Crippen MR) is 72.8 cm³/mol. The fourth-order valence-corrected chi connectivity index (χ4v) is 1.73. The summed E-state index contributed by atoms with van der Waals surface area (Å²) >= 11 is 5.72. The SMILES string of the molecule is CNc1ncnc(Nc2ccc(F)c(Cl)c2)c1OC. The van der Waals surface area contributed by atoms with Gasteiger partial charge in [0.2, 0.25) is 5.75 Å². The van der Waals surface area contributed by atoms with Crippen LogP contribution in [0.5, 0.6) is 5.75 Å². The van der Waals surface area contributed by atoms with Crippen LogP contribution in [0.25, 0.3) is 0 Å². The molecule has 1 aromatic heterocycles. The maximum Gasteiger partial charge on any atom is 0.204 e. The van der Waals surface area contributed by atoms with Gasteiger partial charge in [0.25, 0.3) is 0 Å². The van der Waals surface area contributed by atoms with Crippen molar-refractivity contribution < 1.29 is 9.13 Å². The molecule has 0 saturated heterocycles. The summed E-state index contributed by atoms with van der Waals surface area (Å²) in [4.78, 5) is 8.11. The fraction of sp³-hybridized carbons (Fsp3) is 0.167. The molecular weight excluding hydrogens is 271 g/mol. The smallest absolute Gasteiger partial charge is 0.204 e. The van der Waals surface area contributed by atoms with E-state index in [4.69, 9.17) is 16.3 Å². The van der Waals surface area contributed by atoms with Crippen molar-refractivity contribution in [2.24, 2.45) is 0 Å². The van der Waals surface area contributed by atoms with Crippen molar-refractivity contribution in [2.45, 2.75) is 0 Å². The summed E-state index contributed by atoms with van der Waals surface area (Å²) in [5.41, 5.74) is 0.602. The first-order valence-corrected chi connectivity index (χ1v) is 5.82. The largest absolute Gasteiger partial charge is 0.490 e. The molecule has 0 bridgehead atoms. The van der Waals surface area contributed by atoms with Gasteiger partial charge in [-0.1, -0.05) is 11.6 Å². The summed E-state index contributed by atoms with van der Waals surface area (Å²) in [6.45, 7) is 0. The van der Waals surface area contributed by atoms with E-state index in [-0.39, 0.29) is 5.02 Å². The molecule has 1 heterocycles. The zero-order chi connectivity index (χ0) is 13.8. The first kappa shape index (κ1) is 13.4. The van der Waals surface area contributed by atoms with Crippen LogP contribution in [-0.2, 0) is 0 Å². The summed E-state index contributed by atoms with van der Waals surface area (Å²) in [5.74, 6) is 1.00. The van der Waals surface area contributed by atoms with Gasteiger partial charge in [-0.3, -0.25) is 0 Å². The number of benzene rings is 1. The average Bonchev–Trinajstić information content (AvgIpc) is 2.42. The lowest BCUT2D eigenvalue weighted by Crippen LogP contribution is -2.03. The lowest BCUT2D eigenvalue weighted by molar-refractivity contribution is 0.415. The molecule has 0 aliphatic carbocycles. The molecule has 2 rings (SSSR count). The van der Waals surface area contributed by atoms with Crippen LogP contribution in [0.2, 0.25) is 5.02 Å². The predicted octanol–water partition coefficient (Wildman–Crippen LogP) is 3.06. The normalized spacial score (nSPS) is 10.1. The monoisotopic (exact) mass is 282 g/mol. The van der Waals surface area contributed by atoms with Crippen LogP contribution in [0.3, 0.4) is 0 Å². The number of aromatic nitrogens is 2. The van der Waals surface area contributed by atoms with Gasteiger partial charge < -0.3 is 15.4 Å². The number of methoxy groups -OCH3 is 1. The van der Waals surface area contributed by atoms with Crippen LogP contribution in [0.4, 0.5) is 21.7 Å². The molecule has 0 spiro atoms. The Hall–Kier alpha value is -2.08. The van der Waals surface area contributed by atoms with E-state index < -0.39 is 5.82 Å². The zero-order valence-corrected chi connectivity index (χ0v) is 11.1. The molecule has 0 amide bonds. The number of nitrogens with one attached hydrogen (secondary N) is 2. The summed E-state index contributed by atoms with van der Waals surface area (Å²) in [6.07, 6.45) is 1.39. The van der Waals surface area contributed by atoms with Crippen molar-refractivity contribution >= 4 is 28.9 Å². The van der Waals surface area contributed by atoms with Gasteiger partial charge in [0.05, 0.1) is 12.1 Å². The van der Waals surface area contributed by atoms with Crippen LogP contribution < -0.4 is 15.4 Å². The molecule has 2 aromatic rings. The quantitative estimate of drug-likeness (QED) is 0.902. The van der Waals surface area contributed by atoms with Gasteiger partial charge in [-0.15, -0.1) is 0 Å². The number of anilines is 3. The summed E-state index contributed by atoms with van der Waals surface area (Å²) < 4.78 is 18.3. The molecule has 0 saturated carbocycles. The van der Waals surface area contributed by atoms with Gasteiger partial charge in [0, 0.05) is 12.7 Å². The third kappa shape index (κ3) is 2.85. The number of ether oxygens (including phenoxy) is 1. The Morgan fingerprint density at radius 2 is 2.00 bits per heavy atom. The van der Waals surface area contributed by atoms with E-state index in [1.165, 1.54) is 25.6 Å². The highest BCUT2D eigenvalue weighted by Gasteiger charge is 2.11. The van der Waals surface area contributed by atoms with Gasteiger partial charge in [-0.2, -0.15) is 0 Å². The van der Waals surface area contributed by atoms with Crippen molar-refractivity contribution in [2.75, 3.05) is 24.8 Å². The highest BCUT2D eigenvalue weighted by Crippen LogP contribution is 2.31. The minimum atomic E-state index is -0.474. The van der Waals surface area contributed by atoms with Gasteiger partial charge in [0.1, 0.15) is 12.1 Å². The molecule has 0 radical (unpaired) electrons. The number of nitrogens with zero attached hydrogens (tertiary/aromatic N) is 2. The van der Waals surface area contributed by atoms with Crippen LogP contribution in [0, 0.1) is 5.82 Å². The molecule has 0 aliphatic heterocycles. The van der Waals surface area contributed by atoms with Crippen LogP contribution >= 0.6 is 11.6 Å². The fourth-order valence-electron chi connectivity index (χ4n) is 1.54. The molecule has 5 nitrogen and oxygen atoms in total. The number of hydrogen-bond acceptors (Lipinski definition) is 5. The Morgan fingerprint density at radius 1 is 1.26 bits per heavy atom. The Bertz CT molecular complexity index is 594. The van der Waals surface area contributed by atoms with Gasteiger partial charge in [-0.05, 0) is 18.2 Å². The Kier molecular flexibility index (Phi) is 4.01. The Balaban J connectivity index is 2.35. The van der Waals surface area contributed by atoms with Crippen LogP contribution in [0.15, 0.2) is 24.5 Å². The lowest BCUT2D eigenvalue weighted by atomic mass is 10.3. The summed E-state index contributed by atoms with van der Waals surface area (Å²) in [5, 5.41) is 5.92. The highest BCUT2D eigenvalue weighted by molar-refractivity contribution is 6.31. The molecule has 100 valence electrons. The van der Waals surface area contributed by atoms with Crippen molar-refractivity contribution in [3.63, 3.8) is 0 Å². The van der Waals surface area contributed by atoms with E-state index in [0.29, 0.717) is 23.1 Å². The average molecular weight is 283 g/mol. The number of hydrogen-bond donors (Lipinski definition) is 2. The number of halogens is 2. The van der Waals surface area contributed by atoms with E-state index in [1.54, 1.807) is 13.1 Å². The maximum atomic E-state index is 13.1. The second-order valence-corrected chi connectivity index (χ2v) is 4.02. The first-order valence-electron chi connectivity index (χ1n) is 5.44. The third-order valence-corrected chi connectivity index (χ3v) is 2.72. The zero-order valence-electron chi connectivity index (χ0n) is 10.4. The highest BCUT2D eigenvalue weighted by atomic mass is 35.5.